The summed E-state index contributed by atoms with van der Waals surface area (Å²) in [5, 5.41) is 8.83. The summed E-state index contributed by atoms with van der Waals surface area (Å²) in [6, 6.07) is 3.00. The van der Waals surface area contributed by atoms with Gasteiger partial charge in [0, 0.05) is 13.0 Å². The summed E-state index contributed by atoms with van der Waals surface area (Å²) in [5.74, 6) is 0.169. The monoisotopic (exact) mass is 169 g/mol. The van der Waals surface area contributed by atoms with E-state index in [0.29, 0.717) is 5.76 Å². The molecule has 4 nitrogen and oxygen atoms in total. The van der Waals surface area contributed by atoms with Gasteiger partial charge in [-0.25, -0.2) is 4.42 Å². The van der Waals surface area contributed by atoms with Crippen LogP contribution in [0.2, 0.25) is 0 Å². The van der Waals surface area contributed by atoms with Crippen molar-refractivity contribution in [1.29, 1.82) is 0 Å². The van der Waals surface area contributed by atoms with E-state index in [4.69, 9.17) is 9.52 Å². The van der Waals surface area contributed by atoms with Crippen LogP contribution in [0.3, 0.4) is 0 Å². The third-order valence-corrected chi connectivity index (χ3v) is 1.19. The lowest BCUT2D eigenvalue weighted by Crippen LogP contribution is -1.98. The first-order valence-corrected chi connectivity index (χ1v) is 3.41. The number of aromatic hydroxyl groups is 1. The molecule has 0 spiro atoms. The molecule has 0 unspecified atom stereocenters. The minimum Gasteiger partial charge on any atom is -0.501 e. The Morgan fingerprint density at radius 3 is 2.92 bits per heavy atom. The third kappa shape index (κ3) is 2.57. The van der Waals surface area contributed by atoms with Crippen LogP contribution in [0.1, 0.15) is 12.7 Å². The molecule has 0 radical (unpaired) electrons. The van der Waals surface area contributed by atoms with Crippen molar-refractivity contribution < 1.29 is 19.1 Å². The van der Waals surface area contributed by atoms with E-state index in [-0.39, 0.29) is 18.3 Å². The Kier molecular flexibility index (Phi) is 2.63. The Morgan fingerprint density at radius 1 is 1.67 bits per heavy atom. The number of carbonyl (C=O) groups is 1. The molecule has 1 N–H and O–H groups in total. The summed E-state index contributed by atoms with van der Waals surface area (Å²) in [7, 11) is 0. The van der Waals surface area contributed by atoms with Crippen LogP contribution in [0.15, 0.2) is 22.8 Å². The van der Waals surface area contributed by atoms with Gasteiger partial charge in [-0.05, 0) is 6.07 Å². The maximum atomic E-state index is 10.4. The molecule has 1 rings (SSSR count). The van der Waals surface area contributed by atoms with E-state index in [0.717, 1.165) is 0 Å². The fraction of sp³-hybridized carbons (Fsp3) is 0.250. The summed E-state index contributed by atoms with van der Waals surface area (Å²) in [4.78, 5) is 10.4. The maximum Gasteiger partial charge on any atom is 0.366 e. The Morgan fingerprint density at radius 2 is 2.42 bits per heavy atom. The van der Waals surface area contributed by atoms with Crippen LogP contribution in [-0.4, -0.2) is 11.1 Å². The van der Waals surface area contributed by atoms with Crippen LogP contribution < -0.4 is 0 Å². The van der Waals surface area contributed by atoms with E-state index in [1.165, 1.54) is 25.3 Å². The molecule has 0 saturated heterocycles. The third-order valence-electron chi connectivity index (χ3n) is 1.19. The zero-order valence-corrected chi connectivity index (χ0v) is 6.61. The molecule has 0 aromatic carbocycles. The largest absolute Gasteiger partial charge is 0.501 e. The van der Waals surface area contributed by atoms with E-state index in [2.05, 4.69) is 4.74 Å². The van der Waals surface area contributed by atoms with Crippen molar-refractivity contribution in [2.75, 3.05) is 0 Å². The summed E-state index contributed by atoms with van der Waals surface area (Å²) >= 11 is 0. The first kappa shape index (κ1) is 8.52. The first-order valence-electron chi connectivity index (χ1n) is 3.41. The van der Waals surface area contributed by atoms with Gasteiger partial charge in [-0.2, -0.15) is 0 Å². The molecule has 1 aromatic rings. The van der Waals surface area contributed by atoms with Crippen LogP contribution >= 0.6 is 0 Å². The molecular weight excluding hydrogens is 160 g/mol. The molecule has 0 aliphatic heterocycles. The zero-order valence-electron chi connectivity index (χ0n) is 6.61. The smallest absolute Gasteiger partial charge is 0.366 e. The summed E-state index contributed by atoms with van der Waals surface area (Å²) in [5.41, 5.74) is 0. The van der Waals surface area contributed by atoms with E-state index in [1.54, 1.807) is 0 Å². The number of hydrogen-bond donors (Lipinski definition) is 1. The van der Waals surface area contributed by atoms with Gasteiger partial charge >= 0.3 is 18.0 Å². The second-order valence-electron chi connectivity index (χ2n) is 2.24. The van der Waals surface area contributed by atoms with Gasteiger partial charge in [0.25, 0.3) is 0 Å². The molecule has 0 fully saturated rings. The molecule has 64 valence electrons. The molecule has 0 aliphatic carbocycles. The number of esters is 1. The van der Waals surface area contributed by atoms with E-state index >= 15 is 0 Å². The fourth-order valence-electron chi connectivity index (χ4n) is 0.648. The molecule has 0 aliphatic rings. The van der Waals surface area contributed by atoms with Gasteiger partial charge in [0.2, 0.25) is 12.4 Å². The Bertz CT molecular complexity index is 265. The normalized spacial score (nSPS) is 9.42. The molecule has 12 heavy (non-hydrogen) atoms. The highest BCUT2D eigenvalue weighted by Crippen LogP contribution is 2.10. The topological polar surface area (TPSA) is 57.8 Å². The molecule has 1 heterocycles. The van der Waals surface area contributed by atoms with Crippen molar-refractivity contribution in [2.45, 2.75) is 13.5 Å². The maximum absolute atomic E-state index is 10.4. The number of carbonyl (C=O) groups excluding carboxylic acids is 1. The number of ether oxygens (including phenoxy) is 1. The molecular formula is C8H9O4+. The molecule has 0 atom stereocenters. The first-order chi connectivity index (χ1) is 5.68. The molecule has 0 bridgehead atoms. The van der Waals surface area contributed by atoms with Gasteiger partial charge in [-0.15, -0.1) is 0 Å². The van der Waals surface area contributed by atoms with Gasteiger partial charge in [0.15, 0.2) is 0 Å². The summed E-state index contributed by atoms with van der Waals surface area (Å²) in [6.45, 7) is 1.41. The van der Waals surface area contributed by atoms with Crippen LogP contribution in [0.5, 0.6) is 5.75 Å². The lowest BCUT2D eigenvalue weighted by atomic mass is 10.4. The predicted molar refractivity (Wildman–Crippen MR) is 40.2 cm³/mol. The van der Waals surface area contributed by atoms with Crippen LogP contribution in [-0.2, 0) is 16.1 Å². The average molecular weight is 169 g/mol. The Hall–Kier alpha value is -1.58. The molecule has 0 amide bonds. The highest BCUT2D eigenvalue weighted by atomic mass is 16.5. The van der Waals surface area contributed by atoms with Crippen LogP contribution in [0.25, 0.3) is 0 Å². The zero-order chi connectivity index (χ0) is 8.97. The molecule has 4 heteroatoms. The Balaban J connectivity index is 2.53. The number of hydrogen-bond acceptors (Lipinski definition) is 3. The number of rotatable bonds is 2. The highest BCUT2D eigenvalue weighted by Gasteiger charge is 2.08. The van der Waals surface area contributed by atoms with Crippen molar-refractivity contribution in [3.8, 4) is 5.75 Å². The Labute approximate surface area is 69.4 Å². The van der Waals surface area contributed by atoms with Gasteiger partial charge in [-0.3, -0.25) is 4.79 Å². The van der Waals surface area contributed by atoms with Crippen molar-refractivity contribution >= 4 is 5.97 Å². The van der Waals surface area contributed by atoms with E-state index in [9.17, 15) is 4.79 Å². The lowest BCUT2D eigenvalue weighted by molar-refractivity contribution is -0.142. The standard InChI is InChI=1S/C8H8O4/c1-6(9)11-5-8-3-2-7(10)4-12-8/h2-4H,5H2,1H3/p+1. The van der Waals surface area contributed by atoms with Gasteiger partial charge in [0.1, 0.15) is 0 Å². The second-order valence-corrected chi connectivity index (χ2v) is 2.24. The van der Waals surface area contributed by atoms with Crippen molar-refractivity contribution in [2.24, 2.45) is 0 Å². The second kappa shape index (κ2) is 3.71. The molecule has 0 saturated carbocycles. The SMILES string of the molecule is CC(=O)OCc1ccc(O)c[o+]1. The predicted octanol–water partition coefficient (Wildman–Crippen LogP) is 1.33. The summed E-state index contributed by atoms with van der Waals surface area (Å²) < 4.78 is 9.53. The summed E-state index contributed by atoms with van der Waals surface area (Å²) in [6.07, 6.45) is 1.18. The van der Waals surface area contributed by atoms with E-state index < -0.39 is 0 Å². The van der Waals surface area contributed by atoms with Crippen molar-refractivity contribution in [3.05, 3.63) is 24.2 Å². The molecule has 1 aromatic heterocycles. The van der Waals surface area contributed by atoms with Gasteiger partial charge in [0.05, 0.1) is 0 Å². The van der Waals surface area contributed by atoms with E-state index in [1.807, 2.05) is 0 Å². The minimum atomic E-state index is -0.363. The van der Waals surface area contributed by atoms with Crippen molar-refractivity contribution in [1.82, 2.24) is 0 Å². The van der Waals surface area contributed by atoms with Gasteiger partial charge in [-0.1, -0.05) is 0 Å². The van der Waals surface area contributed by atoms with Gasteiger partial charge < -0.3 is 9.84 Å². The van der Waals surface area contributed by atoms with Crippen LogP contribution in [0.4, 0.5) is 0 Å². The lowest BCUT2D eigenvalue weighted by Gasteiger charge is -1.92. The highest BCUT2D eigenvalue weighted by molar-refractivity contribution is 5.65. The fourth-order valence-corrected chi connectivity index (χ4v) is 0.648. The minimum absolute atomic E-state index is 0.0431. The average Bonchev–Trinajstić information content (AvgIpc) is 2.03. The van der Waals surface area contributed by atoms with Crippen molar-refractivity contribution in [3.63, 3.8) is 0 Å². The quantitative estimate of drug-likeness (QED) is 0.536. The van der Waals surface area contributed by atoms with Crippen LogP contribution in [0, 0.1) is 0 Å².